The van der Waals surface area contributed by atoms with Gasteiger partial charge in [0.1, 0.15) is 0 Å². The van der Waals surface area contributed by atoms with Gasteiger partial charge in [-0.3, -0.25) is 4.98 Å². The minimum Gasteiger partial charge on any atom is -0.367 e. The van der Waals surface area contributed by atoms with E-state index in [9.17, 15) is 0 Å². The van der Waals surface area contributed by atoms with Gasteiger partial charge in [-0.1, -0.05) is 29.8 Å². The van der Waals surface area contributed by atoms with E-state index in [1.807, 2.05) is 37.5 Å². The normalized spacial score (nSPS) is 12.2. The van der Waals surface area contributed by atoms with Gasteiger partial charge in [0, 0.05) is 22.7 Å². The second-order valence-corrected chi connectivity index (χ2v) is 5.49. The minimum absolute atomic E-state index is 0.190. The first-order chi connectivity index (χ1) is 8.59. The molecule has 0 aliphatic carbocycles. The maximum absolute atomic E-state index is 6.23. The molecular weight excluding hydrogens is 312 g/mol. The highest BCUT2D eigenvalue weighted by atomic mass is 79.9. The van der Waals surface area contributed by atoms with Crippen molar-refractivity contribution in [2.75, 3.05) is 11.9 Å². The summed E-state index contributed by atoms with van der Waals surface area (Å²) in [7, 11) is 2.04. The number of aromatic nitrogens is 1. The molecule has 0 bridgehead atoms. The van der Waals surface area contributed by atoms with E-state index in [4.69, 9.17) is 11.6 Å². The van der Waals surface area contributed by atoms with Crippen molar-refractivity contribution in [1.29, 1.82) is 0 Å². The molecule has 0 fully saturated rings. The first-order valence-corrected chi connectivity index (χ1v) is 6.84. The number of hydrogen-bond donors (Lipinski definition) is 0. The summed E-state index contributed by atoms with van der Waals surface area (Å²) >= 11 is 9.67. The molecule has 0 aliphatic heterocycles. The van der Waals surface area contributed by atoms with E-state index < -0.39 is 0 Å². The van der Waals surface area contributed by atoms with E-state index in [0.29, 0.717) is 0 Å². The molecule has 2 aromatic rings. The molecule has 18 heavy (non-hydrogen) atoms. The Bertz CT molecular complexity index is 545. The predicted octanol–water partition coefficient (Wildman–Crippen LogP) is 4.69. The van der Waals surface area contributed by atoms with Crippen LogP contribution in [0.1, 0.15) is 18.5 Å². The third-order valence-corrected chi connectivity index (χ3v) is 3.81. The van der Waals surface area contributed by atoms with Crippen LogP contribution in [-0.4, -0.2) is 12.0 Å². The fourth-order valence-electron chi connectivity index (χ4n) is 1.84. The molecule has 1 aromatic heterocycles. The van der Waals surface area contributed by atoms with Crippen molar-refractivity contribution in [3.63, 3.8) is 0 Å². The van der Waals surface area contributed by atoms with Crippen LogP contribution in [0.3, 0.4) is 0 Å². The average molecular weight is 326 g/mol. The molecule has 0 N–H and O–H groups in total. The van der Waals surface area contributed by atoms with Crippen molar-refractivity contribution in [2.24, 2.45) is 0 Å². The van der Waals surface area contributed by atoms with Crippen molar-refractivity contribution in [1.82, 2.24) is 4.98 Å². The maximum Gasteiger partial charge on any atom is 0.0566 e. The zero-order valence-corrected chi connectivity index (χ0v) is 12.6. The summed E-state index contributed by atoms with van der Waals surface area (Å²) in [6.45, 7) is 2.13. The number of anilines is 1. The van der Waals surface area contributed by atoms with E-state index in [1.165, 1.54) is 0 Å². The number of hydrogen-bond acceptors (Lipinski definition) is 2. The second kappa shape index (κ2) is 5.72. The molecule has 1 unspecified atom stereocenters. The first kappa shape index (κ1) is 13.4. The van der Waals surface area contributed by atoms with E-state index in [-0.39, 0.29) is 6.04 Å². The van der Waals surface area contributed by atoms with Crippen molar-refractivity contribution in [3.8, 4) is 0 Å². The van der Waals surface area contributed by atoms with Crippen LogP contribution in [0.5, 0.6) is 0 Å². The molecule has 0 aliphatic rings. The number of halogens is 2. The molecule has 2 nitrogen and oxygen atoms in total. The topological polar surface area (TPSA) is 16.1 Å². The van der Waals surface area contributed by atoms with Crippen LogP contribution in [0.25, 0.3) is 0 Å². The standard InChI is InChI=1S/C14H14BrClN2/c1-10(13-5-3-4-6-14(13)16)18(2)12-7-11(15)8-17-9-12/h3-10H,1-2H3. The van der Waals surface area contributed by atoms with Crippen molar-refractivity contribution in [3.05, 3.63) is 57.8 Å². The molecule has 1 atom stereocenters. The largest absolute Gasteiger partial charge is 0.367 e. The van der Waals surface area contributed by atoms with Gasteiger partial charge in [0.2, 0.25) is 0 Å². The van der Waals surface area contributed by atoms with E-state index in [2.05, 4.69) is 38.8 Å². The van der Waals surface area contributed by atoms with Crippen molar-refractivity contribution < 1.29 is 0 Å². The Morgan fingerprint density at radius 1 is 1.28 bits per heavy atom. The lowest BCUT2D eigenvalue weighted by Gasteiger charge is -2.27. The zero-order chi connectivity index (χ0) is 13.1. The molecule has 0 amide bonds. The molecule has 2 rings (SSSR count). The summed E-state index contributed by atoms with van der Waals surface area (Å²) in [6, 6.07) is 10.1. The van der Waals surface area contributed by atoms with E-state index in [0.717, 1.165) is 20.7 Å². The number of nitrogens with zero attached hydrogens (tertiary/aromatic N) is 2. The summed E-state index contributed by atoms with van der Waals surface area (Å²) in [6.07, 6.45) is 3.62. The average Bonchev–Trinajstić information content (AvgIpc) is 2.37. The van der Waals surface area contributed by atoms with Crippen LogP contribution in [0.15, 0.2) is 47.2 Å². The molecule has 1 aromatic carbocycles. The Labute approximate surface area is 121 Å². The summed E-state index contributed by atoms with van der Waals surface area (Å²) < 4.78 is 0.971. The quantitative estimate of drug-likeness (QED) is 0.813. The molecule has 0 radical (unpaired) electrons. The van der Waals surface area contributed by atoms with Crippen LogP contribution in [0, 0.1) is 0 Å². The summed E-state index contributed by atoms with van der Waals surface area (Å²) in [5.41, 5.74) is 2.17. The highest BCUT2D eigenvalue weighted by molar-refractivity contribution is 9.10. The first-order valence-electron chi connectivity index (χ1n) is 5.67. The van der Waals surface area contributed by atoms with Crippen LogP contribution in [-0.2, 0) is 0 Å². The van der Waals surface area contributed by atoms with Crippen LogP contribution >= 0.6 is 27.5 Å². The minimum atomic E-state index is 0.190. The Hall–Kier alpha value is -1.06. The monoisotopic (exact) mass is 324 g/mol. The SMILES string of the molecule is CC(c1ccccc1Cl)N(C)c1cncc(Br)c1. The maximum atomic E-state index is 6.23. The van der Waals surface area contributed by atoms with Crippen molar-refractivity contribution in [2.45, 2.75) is 13.0 Å². The highest BCUT2D eigenvalue weighted by Gasteiger charge is 2.15. The second-order valence-electron chi connectivity index (χ2n) is 4.17. The van der Waals surface area contributed by atoms with Gasteiger partial charge in [0.25, 0.3) is 0 Å². The molecule has 94 valence electrons. The lowest BCUT2D eigenvalue weighted by Crippen LogP contribution is -2.22. The van der Waals surface area contributed by atoms with Gasteiger partial charge in [0.15, 0.2) is 0 Å². The number of benzene rings is 1. The lowest BCUT2D eigenvalue weighted by atomic mass is 10.1. The fourth-order valence-corrected chi connectivity index (χ4v) is 2.49. The van der Waals surface area contributed by atoms with Crippen LogP contribution < -0.4 is 4.90 Å². The Kier molecular flexibility index (Phi) is 4.25. The Morgan fingerprint density at radius 3 is 2.67 bits per heavy atom. The molecule has 4 heteroatoms. The van der Waals surface area contributed by atoms with Gasteiger partial charge in [-0.15, -0.1) is 0 Å². The van der Waals surface area contributed by atoms with E-state index >= 15 is 0 Å². The molecule has 0 saturated heterocycles. The van der Waals surface area contributed by atoms with Gasteiger partial charge in [0.05, 0.1) is 17.9 Å². The smallest absolute Gasteiger partial charge is 0.0566 e. The van der Waals surface area contributed by atoms with Gasteiger partial charge < -0.3 is 4.90 Å². The predicted molar refractivity (Wildman–Crippen MR) is 80.2 cm³/mol. The molecule has 0 spiro atoms. The van der Waals surface area contributed by atoms with E-state index in [1.54, 1.807) is 6.20 Å². The van der Waals surface area contributed by atoms with Crippen molar-refractivity contribution >= 4 is 33.2 Å². The third kappa shape index (κ3) is 2.85. The number of pyridine rings is 1. The summed E-state index contributed by atoms with van der Waals surface area (Å²) in [4.78, 5) is 6.33. The molecular formula is C14H14BrClN2. The van der Waals surface area contributed by atoms with Crippen LogP contribution in [0.4, 0.5) is 5.69 Å². The Morgan fingerprint density at radius 2 is 2.00 bits per heavy atom. The van der Waals surface area contributed by atoms with Gasteiger partial charge in [-0.25, -0.2) is 0 Å². The number of rotatable bonds is 3. The molecule has 1 heterocycles. The zero-order valence-electron chi connectivity index (χ0n) is 10.3. The highest BCUT2D eigenvalue weighted by Crippen LogP contribution is 2.30. The summed E-state index contributed by atoms with van der Waals surface area (Å²) in [5, 5.41) is 0.791. The van der Waals surface area contributed by atoms with Gasteiger partial charge in [-0.05, 0) is 40.5 Å². The lowest BCUT2D eigenvalue weighted by molar-refractivity contribution is 0.738. The fraction of sp³-hybridized carbons (Fsp3) is 0.214. The van der Waals surface area contributed by atoms with Crippen LogP contribution in [0.2, 0.25) is 5.02 Å². The van der Waals surface area contributed by atoms with Gasteiger partial charge >= 0.3 is 0 Å². The third-order valence-electron chi connectivity index (χ3n) is 3.03. The summed E-state index contributed by atoms with van der Waals surface area (Å²) in [5.74, 6) is 0. The molecule has 0 saturated carbocycles. The van der Waals surface area contributed by atoms with Gasteiger partial charge in [-0.2, -0.15) is 0 Å². The Balaban J connectivity index is 2.29.